The predicted octanol–water partition coefficient (Wildman–Crippen LogP) is 4.08. The van der Waals surface area contributed by atoms with E-state index in [9.17, 15) is 4.79 Å². The highest BCUT2D eigenvalue weighted by Gasteiger charge is 2.33. The molecule has 1 atom stereocenters. The van der Waals surface area contributed by atoms with Crippen molar-refractivity contribution in [3.8, 4) is 0 Å². The maximum Gasteiger partial charge on any atom is 0.376 e. The minimum atomic E-state index is -0.467. The van der Waals surface area contributed by atoms with Gasteiger partial charge in [-0.25, -0.2) is 4.79 Å². The van der Waals surface area contributed by atoms with Gasteiger partial charge in [-0.05, 0) is 44.0 Å². The SMILES string of the molecule is CCOC(=O)/C(=N/Nc1ccccc1Cl)N1c2ccccc2C[C@@H]1C. The van der Waals surface area contributed by atoms with Gasteiger partial charge in [0.2, 0.25) is 5.84 Å². The number of ether oxygens (including phenoxy) is 1. The van der Waals surface area contributed by atoms with E-state index in [4.69, 9.17) is 16.3 Å². The number of halogens is 1. The van der Waals surface area contributed by atoms with E-state index in [0.29, 0.717) is 10.7 Å². The second kappa shape index (κ2) is 7.57. The van der Waals surface area contributed by atoms with Crippen molar-refractivity contribution in [1.82, 2.24) is 0 Å². The standard InChI is InChI=1S/C19H20ClN3O2/c1-3-25-19(24)18(22-21-16-10-6-5-9-15(16)20)23-13(2)12-14-8-4-7-11-17(14)23/h4-11,13,21H,3,12H2,1-2H3/b22-18-/t13-/m0/s1. The number of hydrazone groups is 1. The molecule has 0 bridgehead atoms. The molecule has 130 valence electrons. The van der Waals surface area contributed by atoms with Crippen LogP contribution in [0.25, 0.3) is 0 Å². The molecule has 1 N–H and O–H groups in total. The number of hydrogen-bond acceptors (Lipinski definition) is 4. The Labute approximate surface area is 152 Å². The summed E-state index contributed by atoms with van der Waals surface area (Å²) in [7, 11) is 0. The average Bonchev–Trinajstić information content (AvgIpc) is 2.93. The normalized spacial score (nSPS) is 16.5. The first-order valence-corrected chi connectivity index (χ1v) is 8.62. The summed E-state index contributed by atoms with van der Waals surface area (Å²) in [5.41, 5.74) is 5.68. The molecule has 0 aliphatic carbocycles. The largest absolute Gasteiger partial charge is 0.460 e. The molecule has 2 aromatic rings. The molecule has 0 saturated carbocycles. The number of carbonyl (C=O) groups excluding carboxylic acids is 1. The second-order valence-electron chi connectivity index (χ2n) is 5.80. The zero-order valence-corrected chi connectivity index (χ0v) is 15.0. The molecule has 25 heavy (non-hydrogen) atoms. The molecular formula is C19H20ClN3O2. The van der Waals surface area contributed by atoms with Gasteiger partial charge in [-0.15, -0.1) is 5.10 Å². The third-order valence-electron chi connectivity index (χ3n) is 4.05. The highest BCUT2D eigenvalue weighted by atomic mass is 35.5. The van der Waals surface area contributed by atoms with Crippen molar-refractivity contribution in [2.75, 3.05) is 16.9 Å². The molecule has 0 spiro atoms. The monoisotopic (exact) mass is 357 g/mol. The number of nitrogens with one attached hydrogen (secondary N) is 1. The van der Waals surface area contributed by atoms with Crippen LogP contribution in [0.15, 0.2) is 53.6 Å². The molecule has 0 amide bonds. The Morgan fingerprint density at radius 3 is 2.76 bits per heavy atom. The van der Waals surface area contributed by atoms with Crippen molar-refractivity contribution in [1.29, 1.82) is 0 Å². The van der Waals surface area contributed by atoms with E-state index < -0.39 is 5.97 Å². The van der Waals surface area contributed by atoms with Gasteiger partial charge in [0.15, 0.2) is 0 Å². The van der Waals surface area contributed by atoms with Crippen LogP contribution in [0.3, 0.4) is 0 Å². The fraction of sp³-hybridized carbons (Fsp3) is 0.263. The van der Waals surface area contributed by atoms with Crippen LogP contribution in [0.2, 0.25) is 5.02 Å². The molecule has 0 radical (unpaired) electrons. The van der Waals surface area contributed by atoms with E-state index in [-0.39, 0.29) is 18.5 Å². The van der Waals surface area contributed by atoms with Crippen LogP contribution in [-0.2, 0) is 16.0 Å². The van der Waals surface area contributed by atoms with Crippen LogP contribution in [-0.4, -0.2) is 24.5 Å². The minimum absolute atomic E-state index is 0.105. The Morgan fingerprint density at radius 2 is 2.00 bits per heavy atom. The van der Waals surface area contributed by atoms with Gasteiger partial charge in [0, 0.05) is 11.7 Å². The second-order valence-corrected chi connectivity index (χ2v) is 6.21. The lowest BCUT2D eigenvalue weighted by molar-refractivity contribution is -0.135. The van der Waals surface area contributed by atoms with Crippen molar-refractivity contribution in [2.24, 2.45) is 5.10 Å². The van der Waals surface area contributed by atoms with Gasteiger partial charge in [0.25, 0.3) is 0 Å². The lowest BCUT2D eigenvalue weighted by Gasteiger charge is -2.25. The molecule has 6 heteroatoms. The highest BCUT2D eigenvalue weighted by Crippen LogP contribution is 2.32. The molecular weight excluding hydrogens is 338 g/mol. The van der Waals surface area contributed by atoms with E-state index in [1.807, 2.05) is 35.2 Å². The van der Waals surface area contributed by atoms with Crippen LogP contribution in [0.5, 0.6) is 0 Å². The van der Waals surface area contributed by atoms with E-state index in [0.717, 1.165) is 12.1 Å². The molecule has 1 aliphatic heterocycles. The number of anilines is 2. The number of para-hydroxylation sites is 2. The van der Waals surface area contributed by atoms with Crippen LogP contribution < -0.4 is 10.3 Å². The fourth-order valence-electron chi connectivity index (χ4n) is 2.95. The lowest BCUT2D eigenvalue weighted by atomic mass is 10.1. The Kier molecular flexibility index (Phi) is 5.24. The number of fused-ring (bicyclic) bond motifs is 1. The van der Waals surface area contributed by atoms with Crippen molar-refractivity contribution in [2.45, 2.75) is 26.3 Å². The Balaban J connectivity index is 1.97. The van der Waals surface area contributed by atoms with Crippen LogP contribution in [0.4, 0.5) is 11.4 Å². The van der Waals surface area contributed by atoms with Crippen LogP contribution >= 0.6 is 11.6 Å². The number of rotatable bonds is 3. The first-order valence-electron chi connectivity index (χ1n) is 8.24. The summed E-state index contributed by atoms with van der Waals surface area (Å²) in [6.07, 6.45) is 0.848. The molecule has 2 aromatic carbocycles. The first-order chi connectivity index (χ1) is 12.1. The van der Waals surface area contributed by atoms with E-state index >= 15 is 0 Å². The minimum Gasteiger partial charge on any atom is -0.460 e. The zero-order valence-electron chi connectivity index (χ0n) is 14.2. The van der Waals surface area contributed by atoms with Gasteiger partial charge in [0.05, 0.1) is 17.3 Å². The van der Waals surface area contributed by atoms with Gasteiger partial charge in [-0.1, -0.05) is 41.9 Å². The topological polar surface area (TPSA) is 53.9 Å². The van der Waals surface area contributed by atoms with Crippen molar-refractivity contribution in [3.05, 3.63) is 59.1 Å². The van der Waals surface area contributed by atoms with Crippen molar-refractivity contribution < 1.29 is 9.53 Å². The summed E-state index contributed by atoms with van der Waals surface area (Å²) in [6.45, 7) is 4.12. The number of benzene rings is 2. The molecule has 3 rings (SSSR count). The summed E-state index contributed by atoms with van der Waals surface area (Å²) in [4.78, 5) is 14.4. The number of carbonyl (C=O) groups is 1. The summed E-state index contributed by atoms with van der Waals surface area (Å²) in [5.74, 6) is -0.246. The zero-order chi connectivity index (χ0) is 17.8. The molecule has 0 fully saturated rings. The van der Waals surface area contributed by atoms with E-state index in [1.54, 1.807) is 19.1 Å². The van der Waals surface area contributed by atoms with Crippen molar-refractivity contribution >= 4 is 34.8 Å². The van der Waals surface area contributed by atoms with E-state index in [1.165, 1.54) is 5.56 Å². The Hall–Kier alpha value is -2.53. The molecule has 5 nitrogen and oxygen atoms in total. The van der Waals surface area contributed by atoms with Crippen LogP contribution in [0.1, 0.15) is 19.4 Å². The predicted molar refractivity (Wildman–Crippen MR) is 101 cm³/mol. The van der Waals surface area contributed by atoms with Gasteiger partial charge in [0.1, 0.15) is 0 Å². The number of esters is 1. The number of hydrogen-bond donors (Lipinski definition) is 1. The summed E-state index contributed by atoms with van der Waals surface area (Å²) in [6, 6.07) is 15.4. The summed E-state index contributed by atoms with van der Waals surface area (Å²) >= 11 is 6.16. The highest BCUT2D eigenvalue weighted by molar-refractivity contribution is 6.41. The van der Waals surface area contributed by atoms with Gasteiger partial charge >= 0.3 is 5.97 Å². The van der Waals surface area contributed by atoms with Crippen LogP contribution in [0, 0.1) is 0 Å². The summed E-state index contributed by atoms with van der Waals surface area (Å²) in [5, 5.41) is 4.87. The Morgan fingerprint density at radius 1 is 1.28 bits per heavy atom. The maximum atomic E-state index is 12.5. The molecule has 1 aliphatic rings. The smallest absolute Gasteiger partial charge is 0.376 e. The van der Waals surface area contributed by atoms with Gasteiger partial charge in [-0.3, -0.25) is 5.43 Å². The third kappa shape index (κ3) is 3.61. The summed E-state index contributed by atoms with van der Waals surface area (Å²) < 4.78 is 5.21. The van der Waals surface area contributed by atoms with Gasteiger partial charge in [-0.2, -0.15) is 0 Å². The fourth-order valence-corrected chi connectivity index (χ4v) is 3.12. The first kappa shape index (κ1) is 17.3. The lowest BCUT2D eigenvalue weighted by Crippen LogP contribution is -2.42. The third-order valence-corrected chi connectivity index (χ3v) is 4.38. The number of amidine groups is 1. The average molecular weight is 358 g/mol. The van der Waals surface area contributed by atoms with Gasteiger partial charge < -0.3 is 9.64 Å². The molecule has 1 heterocycles. The molecule has 0 aromatic heterocycles. The maximum absolute atomic E-state index is 12.5. The molecule has 0 saturated heterocycles. The van der Waals surface area contributed by atoms with E-state index in [2.05, 4.69) is 23.5 Å². The number of nitrogens with zero attached hydrogens (tertiary/aromatic N) is 2. The quantitative estimate of drug-likeness (QED) is 0.389. The Bertz CT molecular complexity index is 807. The molecule has 0 unspecified atom stereocenters. The van der Waals surface area contributed by atoms with Crippen molar-refractivity contribution in [3.63, 3.8) is 0 Å².